The van der Waals surface area contributed by atoms with Crippen LogP contribution in [0.1, 0.15) is 11.1 Å². The Kier molecular flexibility index (Phi) is 4.05. The molecule has 0 saturated heterocycles. The lowest BCUT2D eigenvalue weighted by Crippen LogP contribution is -2.07. The zero-order chi connectivity index (χ0) is 18.3. The van der Waals surface area contributed by atoms with Crippen LogP contribution in [0, 0.1) is 13.8 Å². The van der Waals surface area contributed by atoms with E-state index in [2.05, 4.69) is 9.97 Å². The number of H-pyrrole nitrogens is 1. The van der Waals surface area contributed by atoms with Gasteiger partial charge in [-0.25, -0.2) is 4.98 Å². The van der Waals surface area contributed by atoms with Crippen LogP contribution in [0.3, 0.4) is 0 Å². The molecule has 0 aliphatic carbocycles. The van der Waals surface area contributed by atoms with Gasteiger partial charge in [-0.2, -0.15) is 0 Å². The molecule has 0 bridgehead atoms. The van der Waals surface area contributed by atoms with Crippen LogP contribution in [0.15, 0.2) is 59.7 Å². The number of pyridine rings is 1. The molecule has 4 rings (SSSR count). The van der Waals surface area contributed by atoms with E-state index in [1.165, 1.54) is 0 Å². The lowest BCUT2D eigenvalue weighted by molar-refractivity contribution is 1.23. The first-order valence-electron chi connectivity index (χ1n) is 8.25. The van der Waals surface area contributed by atoms with Crippen LogP contribution in [-0.2, 0) is 0 Å². The zero-order valence-electron chi connectivity index (χ0n) is 14.4. The molecule has 4 aromatic rings. The summed E-state index contributed by atoms with van der Waals surface area (Å²) in [4.78, 5) is 24.3. The van der Waals surface area contributed by atoms with Crippen molar-refractivity contribution in [1.82, 2.24) is 15.0 Å². The quantitative estimate of drug-likeness (QED) is 0.551. The van der Waals surface area contributed by atoms with Gasteiger partial charge in [0, 0.05) is 22.9 Å². The summed E-state index contributed by atoms with van der Waals surface area (Å²) in [6, 6.07) is 13.4. The summed E-state index contributed by atoms with van der Waals surface area (Å²) in [5.41, 5.74) is 6.29. The van der Waals surface area contributed by atoms with E-state index in [0.717, 1.165) is 27.8 Å². The number of aromatic nitrogens is 3. The second kappa shape index (κ2) is 6.39. The number of hydrogen-bond donors (Lipinski definition) is 1. The molecule has 2 aromatic heterocycles. The summed E-state index contributed by atoms with van der Waals surface area (Å²) in [7, 11) is 0. The van der Waals surface area contributed by atoms with Crippen molar-refractivity contribution < 1.29 is 0 Å². The number of fused-ring (bicyclic) bond motifs is 1. The second-order valence-electron chi connectivity index (χ2n) is 6.33. The number of halogens is 1. The third-order valence-electron chi connectivity index (χ3n) is 4.30. The molecule has 0 saturated carbocycles. The Balaban J connectivity index is 1.96. The number of nitrogens with zero attached hydrogens (tertiary/aromatic N) is 2. The molecule has 0 aliphatic rings. The van der Waals surface area contributed by atoms with Crippen LogP contribution in [0.5, 0.6) is 0 Å². The molecule has 4 nitrogen and oxygen atoms in total. The lowest BCUT2D eigenvalue weighted by atomic mass is 10.0. The zero-order valence-corrected chi connectivity index (χ0v) is 15.1. The molecule has 2 heterocycles. The molecule has 0 unspecified atom stereocenters. The standard InChI is InChI=1S/C21H16ClN3O/c1-12-5-6-15(17(22)9-12)19-11-24-20-16(8-13(2)10-18(20)25-19)14-4-3-7-23-21(14)26/h3-11H,1-2H3,(H,23,26). The minimum absolute atomic E-state index is 0.146. The Hall–Kier alpha value is -2.98. The summed E-state index contributed by atoms with van der Waals surface area (Å²) < 4.78 is 0. The van der Waals surface area contributed by atoms with Crippen molar-refractivity contribution in [3.8, 4) is 22.4 Å². The average molecular weight is 362 g/mol. The normalized spacial score (nSPS) is 11.0. The molecule has 0 radical (unpaired) electrons. The van der Waals surface area contributed by atoms with Crippen molar-refractivity contribution in [1.29, 1.82) is 0 Å². The summed E-state index contributed by atoms with van der Waals surface area (Å²) in [6.45, 7) is 3.97. The van der Waals surface area contributed by atoms with Crippen molar-refractivity contribution in [2.45, 2.75) is 13.8 Å². The number of aryl methyl sites for hydroxylation is 2. The maximum absolute atomic E-state index is 12.2. The Morgan fingerprint density at radius 1 is 0.962 bits per heavy atom. The first-order chi connectivity index (χ1) is 12.5. The molecule has 26 heavy (non-hydrogen) atoms. The molecule has 0 fully saturated rings. The summed E-state index contributed by atoms with van der Waals surface area (Å²) >= 11 is 6.38. The maximum Gasteiger partial charge on any atom is 0.255 e. The molecule has 0 aliphatic heterocycles. The van der Waals surface area contributed by atoms with Crippen molar-refractivity contribution in [2.24, 2.45) is 0 Å². The first kappa shape index (κ1) is 16.5. The van der Waals surface area contributed by atoms with Crippen LogP contribution in [0.2, 0.25) is 5.02 Å². The van der Waals surface area contributed by atoms with Crippen LogP contribution in [-0.4, -0.2) is 15.0 Å². The number of aromatic amines is 1. The predicted octanol–water partition coefficient (Wildman–Crippen LogP) is 4.92. The van der Waals surface area contributed by atoms with Crippen LogP contribution >= 0.6 is 11.6 Å². The monoisotopic (exact) mass is 361 g/mol. The third kappa shape index (κ3) is 2.89. The van der Waals surface area contributed by atoms with E-state index in [1.807, 2.05) is 44.2 Å². The third-order valence-corrected chi connectivity index (χ3v) is 4.61. The van der Waals surface area contributed by atoms with Crippen molar-refractivity contribution >= 4 is 22.6 Å². The van der Waals surface area contributed by atoms with Gasteiger partial charge in [0.2, 0.25) is 0 Å². The average Bonchev–Trinajstić information content (AvgIpc) is 2.61. The fourth-order valence-electron chi connectivity index (χ4n) is 3.06. The van der Waals surface area contributed by atoms with Gasteiger partial charge in [-0.05, 0) is 55.3 Å². The predicted molar refractivity (Wildman–Crippen MR) is 106 cm³/mol. The lowest BCUT2D eigenvalue weighted by Gasteiger charge is -2.10. The number of rotatable bonds is 2. The van der Waals surface area contributed by atoms with E-state index in [9.17, 15) is 4.79 Å². The van der Waals surface area contributed by atoms with Crippen LogP contribution < -0.4 is 5.56 Å². The molecular formula is C21H16ClN3O. The summed E-state index contributed by atoms with van der Waals surface area (Å²) in [6.07, 6.45) is 3.32. The highest BCUT2D eigenvalue weighted by molar-refractivity contribution is 6.33. The van der Waals surface area contributed by atoms with Gasteiger partial charge < -0.3 is 4.98 Å². The van der Waals surface area contributed by atoms with Gasteiger partial charge in [0.15, 0.2) is 0 Å². The highest BCUT2D eigenvalue weighted by Gasteiger charge is 2.13. The Morgan fingerprint density at radius 2 is 1.81 bits per heavy atom. The summed E-state index contributed by atoms with van der Waals surface area (Å²) in [5.74, 6) is 0. The minimum atomic E-state index is -0.146. The topological polar surface area (TPSA) is 58.6 Å². The second-order valence-corrected chi connectivity index (χ2v) is 6.74. The minimum Gasteiger partial charge on any atom is -0.329 e. The molecule has 128 valence electrons. The van der Waals surface area contributed by atoms with Gasteiger partial charge in [0.1, 0.15) is 0 Å². The van der Waals surface area contributed by atoms with Crippen LogP contribution in [0.25, 0.3) is 33.4 Å². The molecule has 2 aromatic carbocycles. The molecule has 0 atom stereocenters. The highest BCUT2D eigenvalue weighted by Crippen LogP contribution is 2.30. The highest BCUT2D eigenvalue weighted by atomic mass is 35.5. The molecule has 0 amide bonds. The van der Waals surface area contributed by atoms with E-state index in [1.54, 1.807) is 24.5 Å². The molecule has 5 heteroatoms. The van der Waals surface area contributed by atoms with Crippen molar-refractivity contribution in [3.05, 3.63) is 81.4 Å². The fraction of sp³-hybridized carbons (Fsp3) is 0.0952. The fourth-order valence-corrected chi connectivity index (χ4v) is 3.39. The number of hydrogen-bond acceptors (Lipinski definition) is 3. The van der Waals surface area contributed by atoms with E-state index >= 15 is 0 Å². The smallest absolute Gasteiger partial charge is 0.255 e. The summed E-state index contributed by atoms with van der Waals surface area (Å²) in [5, 5.41) is 0.644. The van der Waals surface area contributed by atoms with E-state index < -0.39 is 0 Å². The first-order valence-corrected chi connectivity index (χ1v) is 8.63. The molecule has 1 N–H and O–H groups in total. The van der Waals surface area contributed by atoms with E-state index in [-0.39, 0.29) is 5.56 Å². The molecule has 0 spiro atoms. The van der Waals surface area contributed by atoms with Gasteiger partial charge in [-0.3, -0.25) is 9.78 Å². The van der Waals surface area contributed by atoms with Gasteiger partial charge in [0.25, 0.3) is 5.56 Å². The maximum atomic E-state index is 12.2. The van der Waals surface area contributed by atoms with Gasteiger partial charge in [0.05, 0.1) is 27.9 Å². The Morgan fingerprint density at radius 3 is 2.58 bits per heavy atom. The van der Waals surface area contributed by atoms with Gasteiger partial charge in [-0.15, -0.1) is 0 Å². The number of benzene rings is 2. The van der Waals surface area contributed by atoms with Crippen molar-refractivity contribution in [3.63, 3.8) is 0 Å². The number of nitrogens with one attached hydrogen (secondary N) is 1. The van der Waals surface area contributed by atoms with E-state index in [4.69, 9.17) is 16.6 Å². The van der Waals surface area contributed by atoms with E-state index in [0.29, 0.717) is 21.8 Å². The van der Waals surface area contributed by atoms with Gasteiger partial charge >= 0.3 is 0 Å². The van der Waals surface area contributed by atoms with Crippen molar-refractivity contribution in [2.75, 3.05) is 0 Å². The largest absolute Gasteiger partial charge is 0.329 e. The SMILES string of the molecule is Cc1ccc(-c2cnc3c(-c4ccc[nH]c4=O)cc(C)cc3n2)c(Cl)c1. The van der Waals surface area contributed by atoms with Gasteiger partial charge in [-0.1, -0.05) is 23.7 Å². The Labute approximate surface area is 155 Å². The Bertz CT molecular complexity index is 1200. The van der Waals surface area contributed by atoms with Crippen LogP contribution in [0.4, 0.5) is 0 Å². The molecular weight excluding hydrogens is 346 g/mol.